The molecule has 0 amide bonds. The van der Waals surface area contributed by atoms with E-state index >= 15 is 0 Å². The lowest BCUT2D eigenvalue weighted by atomic mass is 10.2. The maximum absolute atomic E-state index is 13.3. The second-order valence-electron chi connectivity index (χ2n) is 6.24. The van der Waals surface area contributed by atoms with Crippen molar-refractivity contribution in [2.45, 2.75) is 12.7 Å². The quantitative estimate of drug-likeness (QED) is 0.764. The van der Waals surface area contributed by atoms with Crippen molar-refractivity contribution in [1.29, 1.82) is 0 Å². The van der Waals surface area contributed by atoms with Gasteiger partial charge in [0.05, 0.1) is 12.9 Å². The molecule has 1 aliphatic heterocycles. The molecule has 3 rings (SSSR count). The number of ether oxygens (including phenoxy) is 1. The zero-order valence-corrected chi connectivity index (χ0v) is 15.8. The Morgan fingerprint density at radius 1 is 1.04 bits per heavy atom. The molecule has 0 unspecified atom stereocenters. The molecule has 146 valence electrons. The van der Waals surface area contributed by atoms with Crippen LogP contribution in [0.1, 0.15) is 11.4 Å². The van der Waals surface area contributed by atoms with Gasteiger partial charge >= 0.3 is 0 Å². The van der Waals surface area contributed by atoms with E-state index in [1.807, 2.05) is 4.90 Å². The Bertz CT molecular complexity index is 912. The second kappa shape index (κ2) is 7.73. The van der Waals surface area contributed by atoms with Crippen molar-refractivity contribution in [3.63, 3.8) is 0 Å². The Balaban J connectivity index is 1.68. The van der Waals surface area contributed by atoms with Crippen molar-refractivity contribution in [2.24, 2.45) is 0 Å². The van der Waals surface area contributed by atoms with E-state index < -0.39 is 27.4 Å². The molecule has 1 saturated heterocycles. The Labute approximate surface area is 156 Å². The van der Waals surface area contributed by atoms with Crippen LogP contribution in [0.3, 0.4) is 0 Å². The lowest BCUT2D eigenvalue weighted by molar-refractivity contribution is 0.379. The van der Waals surface area contributed by atoms with Crippen LogP contribution in [-0.4, -0.2) is 56.0 Å². The molecule has 1 fully saturated rings. The first-order valence-electron chi connectivity index (χ1n) is 8.34. The van der Waals surface area contributed by atoms with Gasteiger partial charge in [-0.25, -0.2) is 22.2 Å². The highest BCUT2D eigenvalue weighted by Gasteiger charge is 2.28. The summed E-state index contributed by atoms with van der Waals surface area (Å²) >= 11 is 0. The number of halogens is 2. The summed E-state index contributed by atoms with van der Waals surface area (Å²) in [7, 11) is -2.16. The van der Waals surface area contributed by atoms with Crippen LogP contribution in [0.25, 0.3) is 0 Å². The van der Waals surface area contributed by atoms with E-state index in [9.17, 15) is 17.2 Å². The van der Waals surface area contributed by atoms with Gasteiger partial charge in [0.2, 0.25) is 15.9 Å². The summed E-state index contributed by atoms with van der Waals surface area (Å²) in [5, 5.41) is 0. The van der Waals surface area contributed by atoms with Crippen molar-refractivity contribution < 1.29 is 21.9 Å². The minimum atomic E-state index is -3.68. The first-order chi connectivity index (χ1) is 12.8. The van der Waals surface area contributed by atoms with E-state index in [-0.39, 0.29) is 18.7 Å². The molecule has 7 nitrogen and oxygen atoms in total. The molecule has 0 atom stereocenters. The number of sulfonamides is 1. The summed E-state index contributed by atoms with van der Waals surface area (Å²) < 4.78 is 58.3. The van der Waals surface area contributed by atoms with Crippen LogP contribution in [0.15, 0.2) is 24.3 Å². The largest absolute Gasteiger partial charge is 0.481 e. The maximum atomic E-state index is 13.3. The third-order valence-electron chi connectivity index (χ3n) is 4.24. The Morgan fingerprint density at radius 2 is 1.67 bits per heavy atom. The third-order valence-corrected chi connectivity index (χ3v) is 6.09. The van der Waals surface area contributed by atoms with Gasteiger partial charge in [-0.05, 0) is 24.6 Å². The Kier molecular flexibility index (Phi) is 5.56. The molecule has 1 aliphatic rings. The highest BCUT2D eigenvalue weighted by molar-refractivity contribution is 7.88. The molecule has 0 saturated carbocycles. The van der Waals surface area contributed by atoms with E-state index in [0.29, 0.717) is 36.7 Å². The molecule has 0 spiro atoms. The van der Waals surface area contributed by atoms with Gasteiger partial charge in [-0.3, -0.25) is 0 Å². The van der Waals surface area contributed by atoms with Crippen LogP contribution in [0.2, 0.25) is 0 Å². The molecule has 1 aromatic carbocycles. The molecule has 0 aliphatic carbocycles. The summed E-state index contributed by atoms with van der Waals surface area (Å²) in [5.74, 6) is -0.352. The lowest BCUT2D eigenvalue weighted by Crippen LogP contribution is -2.49. The molecule has 0 radical (unpaired) electrons. The van der Waals surface area contributed by atoms with E-state index in [4.69, 9.17) is 4.74 Å². The van der Waals surface area contributed by atoms with Crippen molar-refractivity contribution in [2.75, 3.05) is 38.2 Å². The average Bonchev–Trinajstić information content (AvgIpc) is 2.60. The lowest BCUT2D eigenvalue weighted by Gasteiger charge is -2.34. The van der Waals surface area contributed by atoms with Gasteiger partial charge in [0, 0.05) is 38.3 Å². The first kappa shape index (κ1) is 19.4. The molecule has 10 heteroatoms. The predicted octanol–water partition coefficient (Wildman–Crippen LogP) is 1.72. The number of aryl methyl sites for hydroxylation is 1. The van der Waals surface area contributed by atoms with E-state index in [1.54, 1.807) is 13.0 Å². The maximum Gasteiger partial charge on any atom is 0.218 e. The fraction of sp³-hybridized carbons (Fsp3) is 0.412. The molecule has 0 N–H and O–H groups in total. The smallest absolute Gasteiger partial charge is 0.218 e. The highest BCUT2D eigenvalue weighted by atomic mass is 32.2. The van der Waals surface area contributed by atoms with E-state index in [0.717, 1.165) is 12.1 Å². The van der Waals surface area contributed by atoms with Crippen molar-refractivity contribution in [3.8, 4) is 5.88 Å². The zero-order valence-electron chi connectivity index (χ0n) is 15.0. The fourth-order valence-electron chi connectivity index (χ4n) is 2.98. The number of rotatable bonds is 5. The fourth-order valence-corrected chi connectivity index (χ4v) is 4.47. The number of aromatic nitrogens is 2. The molecule has 1 aromatic heterocycles. The minimum absolute atomic E-state index is 0.0890. The average molecular weight is 398 g/mol. The Hall–Kier alpha value is -2.33. The number of anilines is 1. The summed E-state index contributed by atoms with van der Waals surface area (Å²) in [4.78, 5) is 10.4. The van der Waals surface area contributed by atoms with Gasteiger partial charge in [0.15, 0.2) is 0 Å². The number of nitrogens with zero attached hydrogens (tertiary/aromatic N) is 4. The predicted molar refractivity (Wildman–Crippen MR) is 96.1 cm³/mol. The van der Waals surface area contributed by atoms with Crippen LogP contribution in [0.4, 0.5) is 14.6 Å². The summed E-state index contributed by atoms with van der Waals surface area (Å²) in [5.41, 5.74) is 0.0890. The standard InChI is InChI=1S/C17H20F2N4O3S/c1-12-20-16(10-17(21-12)26-2)22-3-5-23(6-4-22)27(24,25)11-13-7-14(18)9-15(19)8-13/h7-10H,3-6,11H2,1-2H3. The van der Waals surface area contributed by atoms with Crippen molar-refractivity contribution in [1.82, 2.24) is 14.3 Å². The van der Waals surface area contributed by atoms with Gasteiger partial charge in [-0.1, -0.05) is 0 Å². The zero-order chi connectivity index (χ0) is 19.6. The van der Waals surface area contributed by atoms with Crippen LogP contribution >= 0.6 is 0 Å². The number of hydrogen-bond acceptors (Lipinski definition) is 6. The van der Waals surface area contributed by atoms with Crippen LogP contribution in [0.5, 0.6) is 5.88 Å². The van der Waals surface area contributed by atoms with Gasteiger partial charge in [0.25, 0.3) is 0 Å². The number of hydrogen-bond donors (Lipinski definition) is 0. The van der Waals surface area contributed by atoms with Crippen LogP contribution in [-0.2, 0) is 15.8 Å². The van der Waals surface area contributed by atoms with Gasteiger partial charge in [-0.2, -0.15) is 9.29 Å². The molecule has 27 heavy (non-hydrogen) atoms. The van der Waals surface area contributed by atoms with E-state index in [2.05, 4.69) is 9.97 Å². The SMILES string of the molecule is COc1cc(N2CCN(S(=O)(=O)Cc3cc(F)cc(F)c3)CC2)nc(C)n1. The van der Waals surface area contributed by atoms with Crippen LogP contribution in [0, 0.1) is 18.6 Å². The van der Waals surface area contributed by atoms with Gasteiger partial charge < -0.3 is 9.64 Å². The molecular weight excluding hydrogens is 378 g/mol. The molecular formula is C17H20F2N4O3S. The topological polar surface area (TPSA) is 75.6 Å². The summed E-state index contributed by atoms with van der Waals surface area (Å²) in [6.07, 6.45) is 0. The van der Waals surface area contributed by atoms with Crippen molar-refractivity contribution >= 4 is 15.8 Å². The normalized spacial score (nSPS) is 15.8. The van der Waals surface area contributed by atoms with Crippen molar-refractivity contribution in [3.05, 3.63) is 47.3 Å². The second-order valence-corrected chi connectivity index (χ2v) is 8.20. The van der Waals surface area contributed by atoms with Crippen LogP contribution < -0.4 is 9.64 Å². The number of benzene rings is 1. The highest BCUT2D eigenvalue weighted by Crippen LogP contribution is 2.21. The molecule has 0 bridgehead atoms. The Morgan fingerprint density at radius 3 is 2.26 bits per heavy atom. The summed E-state index contributed by atoms with van der Waals surface area (Å²) in [6, 6.07) is 4.49. The number of methoxy groups -OCH3 is 1. The monoisotopic (exact) mass is 398 g/mol. The third kappa shape index (κ3) is 4.69. The van der Waals surface area contributed by atoms with E-state index in [1.165, 1.54) is 11.4 Å². The van der Waals surface area contributed by atoms with Gasteiger partial charge in [0.1, 0.15) is 23.3 Å². The van der Waals surface area contributed by atoms with Gasteiger partial charge in [-0.15, -0.1) is 0 Å². The number of piperazine rings is 1. The molecule has 2 aromatic rings. The molecule has 2 heterocycles. The first-order valence-corrected chi connectivity index (χ1v) is 9.95. The summed E-state index contributed by atoms with van der Waals surface area (Å²) in [6.45, 7) is 3.15. The minimum Gasteiger partial charge on any atom is -0.481 e.